The smallest absolute Gasteiger partial charge is 0.0794 e. The van der Waals surface area contributed by atoms with Gasteiger partial charge in [0.15, 0.2) is 0 Å². The van der Waals surface area contributed by atoms with Crippen LogP contribution in [0.25, 0.3) is 55.3 Å². The Balaban J connectivity index is 1.42. The summed E-state index contributed by atoms with van der Waals surface area (Å²) >= 11 is 0. The fraction of sp³-hybridized carbons (Fsp3) is 0.0233. The number of aromatic nitrogens is 2. The van der Waals surface area contributed by atoms with E-state index in [1.807, 2.05) is 18.3 Å². The van der Waals surface area contributed by atoms with E-state index in [0.29, 0.717) is 0 Å². The molecule has 0 atom stereocenters. The lowest BCUT2D eigenvalue weighted by molar-refractivity contribution is 0.769. The summed E-state index contributed by atoms with van der Waals surface area (Å²) in [5, 5.41) is 3.58. The zero-order chi connectivity index (χ0) is 29.8. The minimum absolute atomic E-state index is 0.464. The minimum Gasteiger partial charge on any atom is -0.256 e. The van der Waals surface area contributed by atoms with E-state index in [1.54, 1.807) is 0 Å². The number of nitrogens with zero attached hydrogens (tertiary/aromatic N) is 2. The maximum Gasteiger partial charge on any atom is 0.0794 e. The fourth-order valence-corrected chi connectivity index (χ4v) is 7.52. The van der Waals surface area contributed by atoms with Crippen molar-refractivity contribution in [3.8, 4) is 33.6 Å². The van der Waals surface area contributed by atoms with Gasteiger partial charge in [0.05, 0.1) is 22.3 Å². The van der Waals surface area contributed by atoms with Crippen LogP contribution in [-0.2, 0) is 5.41 Å². The Morgan fingerprint density at radius 3 is 1.82 bits per heavy atom. The lowest BCUT2D eigenvalue weighted by Crippen LogP contribution is -2.28. The lowest BCUT2D eigenvalue weighted by Gasteiger charge is -2.34. The molecule has 0 N–H and O–H groups in total. The van der Waals surface area contributed by atoms with Crippen molar-refractivity contribution in [2.45, 2.75) is 5.41 Å². The van der Waals surface area contributed by atoms with Gasteiger partial charge in [-0.3, -0.25) is 4.98 Å². The number of rotatable bonds is 4. The Kier molecular flexibility index (Phi) is 5.76. The van der Waals surface area contributed by atoms with E-state index in [9.17, 15) is 0 Å². The molecule has 0 fully saturated rings. The Morgan fingerprint density at radius 1 is 0.444 bits per heavy atom. The van der Waals surface area contributed by atoms with E-state index >= 15 is 0 Å². The molecular weight excluding hydrogens is 544 g/mol. The summed E-state index contributed by atoms with van der Waals surface area (Å²) in [6.07, 6.45) is 1.84. The summed E-state index contributed by atoms with van der Waals surface area (Å²) in [6.45, 7) is 0. The zero-order valence-corrected chi connectivity index (χ0v) is 24.6. The van der Waals surface area contributed by atoms with Crippen LogP contribution in [-0.4, -0.2) is 9.97 Å². The maximum absolute atomic E-state index is 5.40. The van der Waals surface area contributed by atoms with Crippen LogP contribution in [0.5, 0.6) is 0 Å². The summed E-state index contributed by atoms with van der Waals surface area (Å²) in [4.78, 5) is 9.98. The fourth-order valence-electron chi connectivity index (χ4n) is 7.52. The molecule has 0 radical (unpaired) electrons. The first-order chi connectivity index (χ1) is 22.3. The van der Waals surface area contributed by atoms with Gasteiger partial charge in [0.25, 0.3) is 0 Å². The molecule has 0 unspecified atom stereocenters. The highest BCUT2D eigenvalue weighted by Gasteiger charge is 2.46. The Hall–Kier alpha value is -5.86. The number of benzene rings is 6. The molecular formula is C43H28N2. The van der Waals surface area contributed by atoms with Gasteiger partial charge in [-0.15, -0.1) is 0 Å². The Labute approximate surface area is 262 Å². The van der Waals surface area contributed by atoms with E-state index in [2.05, 4.69) is 157 Å². The van der Waals surface area contributed by atoms with Gasteiger partial charge >= 0.3 is 0 Å². The standard InChI is InChI=1S/C43H28N2/c1-3-13-31(14-4-1)43(32-15-5-2-6-16-32)36-19-9-7-18-35(36)40-37(43)27-26-34-33-17-8-10-21-39(33)45-42(41(34)40)30-24-22-29(23-25-30)38-20-11-12-28-44-38/h1-28H. The largest absolute Gasteiger partial charge is 0.256 e. The molecule has 6 aromatic carbocycles. The van der Waals surface area contributed by atoms with Crippen molar-refractivity contribution in [2.75, 3.05) is 0 Å². The molecule has 9 rings (SSSR count). The average Bonchev–Trinajstić information content (AvgIpc) is 3.44. The van der Waals surface area contributed by atoms with Crippen LogP contribution in [0.15, 0.2) is 170 Å². The monoisotopic (exact) mass is 572 g/mol. The highest BCUT2D eigenvalue weighted by atomic mass is 14.7. The van der Waals surface area contributed by atoms with Crippen molar-refractivity contribution in [1.29, 1.82) is 0 Å². The van der Waals surface area contributed by atoms with Gasteiger partial charge in [0, 0.05) is 28.1 Å². The second-order valence-corrected chi connectivity index (χ2v) is 11.7. The van der Waals surface area contributed by atoms with Crippen LogP contribution in [0.2, 0.25) is 0 Å². The van der Waals surface area contributed by atoms with Gasteiger partial charge in [-0.05, 0) is 57.0 Å². The lowest BCUT2D eigenvalue weighted by atomic mass is 9.67. The number of pyridine rings is 2. The zero-order valence-electron chi connectivity index (χ0n) is 24.6. The summed E-state index contributed by atoms with van der Waals surface area (Å²) in [6, 6.07) is 58.9. The molecule has 2 nitrogen and oxygen atoms in total. The van der Waals surface area contributed by atoms with E-state index in [1.165, 1.54) is 49.5 Å². The molecule has 0 saturated carbocycles. The van der Waals surface area contributed by atoms with Crippen LogP contribution in [0.1, 0.15) is 22.3 Å². The molecule has 0 spiro atoms. The SMILES string of the molecule is c1ccc(C2(c3ccccc3)c3ccccc3-c3c2ccc2c3c(-c3ccc(-c4ccccn4)cc3)nc3ccccc32)cc1. The number of para-hydroxylation sites is 1. The first-order valence-electron chi connectivity index (χ1n) is 15.4. The molecule has 210 valence electrons. The molecule has 0 saturated heterocycles. The van der Waals surface area contributed by atoms with Gasteiger partial charge < -0.3 is 0 Å². The second kappa shape index (κ2) is 10.1. The molecule has 1 aliphatic rings. The molecule has 0 aliphatic heterocycles. The summed E-state index contributed by atoms with van der Waals surface area (Å²) in [7, 11) is 0. The van der Waals surface area contributed by atoms with Gasteiger partial charge in [0.1, 0.15) is 0 Å². The van der Waals surface area contributed by atoms with E-state index < -0.39 is 5.41 Å². The molecule has 0 bridgehead atoms. The minimum atomic E-state index is -0.464. The average molecular weight is 573 g/mol. The van der Waals surface area contributed by atoms with Crippen LogP contribution in [0.3, 0.4) is 0 Å². The van der Waals surface area contributed by atoms with Crippen molar-refractivity contribution >= 4 is 21.7 Å². The quantitative estimate of drug-likeness (QED) is 0.196. The van der Waals surface area contributed by atoms with E-state index in [0.717, 1.165) is 28.0 Å². The maximum atomic E-state index is 5.40. The third-order valence-corrected chi connectivity index (χ3v) is 9.41. The molecule has 8 aromatic rings. The number of hydrogen-bond acceptors (Lipinski definition) is 2. The molecule has 0 amide bonds. The molecule has 2 aromatic heterocycles. The number of fused-ring (bicyclic) bond motifs is 7. The van der Waals surface area contributed by atoms with Gasteiger partial charge in [-0.25, -0.2) is 4.98 Å². The van der Waals surface area contributed by atoms with Crippen molar-refractivity contribution in [3.05, 3.63) is 192 Å². The third-order valence-electron chi connectivity index (χ3n) is 9.41. The topological polar surface area (TPSA) is 25.8 Å². The predicted molar refractivity (Wildman–Crippen MR) is 185 cm³/mol. The normalized spacial score (nSPS) is 13.1. The highest BCUT2D eigenvalue weighted by Crippen LogP contribution is 2.58. The van der Waals surface area contributed by atoms with E-state index in [4.69, 9.17) is 4.98 Å². The van der Waals surface area contributed by atoms with Gasteiger partial charge in [-0.1, -0.05) is 146 Å². The van der Waals surface area contributed by atoms with Crippen LogP contribution in [0.4, 0.5) is 0 Å². The Morgan fingerprint density at radius 2 is 1.09 bits per heavy atom. The second-order valence-electron chi connectivity index (χ2n) is 11.7. The van der Waals surface area contributed by atoms with Crippen molar-refractivity contribution in [2.24, 2.45) is 0 Å². The summed E-state index contributed by atoms with van der Waals surface area (Å²) in [5.41, 5.74) is 12.3. The van der Waals surface area contributed by atoms with Crippen molar-refractivity contribution in [1.82, 2.24) is 9.97 Å². The molecule has 2 heterocycles. The first kappa shape index (κ1) is 25.6. The van der Waals surface area contributed by atoms with Crippen LogP contribution in [0, 0.1) is 0 Å². The highest BCUT2D eigenvalue weighted by molar-refractivity contribution is 6.18. The predicted octanol–water partition coefficient (Wildman–Crippen LogP) is 10.5. The van der Waals surface area contributed by atoms with E-state index in [-0.39, 0.29) is 0 Å². The molecule has 2 heteroatoms. The van der Waals surface area contributed by atoms with Crippen LogP contribution >= 0.6 is 0 Å². The third kappa shape index (κ3) is 3.76. The summed E-state index contributed by atoms with van der Waals surface area (Å²) < 4.78 is 0. The molecule has 1 aliphatic carbocycles. The Bertz CT molecular complexity index is 2300. The van der Waals surface area contributed by atoms with Gasteiger partial charge in [-0.2, -0.15) is 0 Å². The number of hydrogen-bond donors (Lipinski definition) is 0. The molecule has 45 heavy (non-hydrogen) atoms. The van der Waals surface area contributed by atoms with Crippen molar-refractivity contribution < 1.29 is 0 Å². The van der Waals surface area contributed by atoms with Crippen LogP contribution < -0.4 is 0 Å². The first-order valence-corrected chi connectivity index (χ1v) is 15.4. The van der Waals surface area contributed by atoms with Crippen molar-refractivity contribution in [3.63, 3.8) is 0 Å². The van der Waals surface area contributed by atoms with Gasteiger partial charge in [0.2, 0.25) is 0 Å². The summed E-state index contributed by atoms with van der Waals surface area (Å²) in [5.74, 6) is 0.